The first-order valence-corrected chi connectivity index (χ1v) is 8.18. The number of benzene rings is 2. The summed E-state index contributed by atoms with van der Waals surface area (Å²) in [4.78, 5) is 48.9. The van der Waals surface area contributed by atoms with Crippen LogP contribution in [0.4, 0.5) is 0 Å². The number of aryl methyl sites for hydroxylation is 1. The van der Waals surface area contributed by atoms with Crippen molar-refractivity contribution in [1.29, 1.82) is 0 Å². The van der Waals surface area contributed by atoms with E-state index in [4.69, 9.17) is 4.74 Å². The van der Waals surface area contributed by atoms with Crippen LogP contribution in [0.1, 0.15) is 26.3 Å². The van der Waals surface area contributed by atoms with E-state index in [9.17, 15) is 19.2 Å². The molecule has 1 aliphatic rings. The lowest BCUT2D eigenvalue weighted by molar-refractivity contribution is -0.130. The smallest absolute Gasteiger partial charge is 0.276 e. The fourth-order valence-corrected chi connectivity index (χ4v) is 2.60. The fraction of sp³-hybridized carbons (Fsp3) is 0.158. The molecule has 1 aliphatic heterocycles. The summed E-state index contributed by atoms with van der Waals surface area (Å²) in [7, 11) is 0. The van der Waals surface area contributed by atoms with Crippen molar-refractivity contribution < 1.29 is 23.9 Å². The Morgan fingerprint density at radius 2 is 1.56 bits per heavy atom. The van der Waals surface area contributed by atoms with Gasteiger partial charge in [-0.25, -0.2) is 0 Å². The number of hydrazine groups is 1. The predicted octanol–water partition coefficient (Wildman–Crippen LogP) is 0.817. The third kappa shape index (κ3) is 4.12. The topological polar surface area (TPSA) is 105 Å². The molecule has 138 valence electrons. The molecule has 27 heavy (non-hydrogen) atoms. The van der Waals surface area contributed by atoms with Gasteiger partial charge in [0.05, 0.1) is 11.1 Å². The number of carbonyl (C=O) groups excluding carboxylic acids is 4. The molecule has 0 aromatic heterocycles. The van der Waals surface area contributed by atoms with Crippen molar-refractivity contribution in [3.63, 3.8) is 0 Å². The molecular weight excluding hydrogens is 350 g/mol. The molecule has 3 rings (SSSR count). The Morgan fingerprint density at radius 3 is 2.19 bits per heavy atom. The van der Waals surface area contributed by atoms with Gasteiger partial charge in [-0.2, -0.15) is 0 Å². The van der Waals surface area contributed by atoms with E-state index in [1.165, 1.54) is 12.1 Å². The summed E-state index contributed by atoms with van der Waals surface area (Å²) < 4.78 is 5.31. The van der Waals surface area contributed by atoms with E-state index in [-0.39, 0.29) is 17.7 Å². The molecule has 4 amide bonds. The molecule has 0 spiro atoms. The van der Waals surface area contributed by atoms with Crippen molar-refractivity contribution in [2.24, 2.45) is 0 Å². The average molecular weight is 367 g/mol. The summed E-state index contributed by atoms with van der Waals surface area (Å²) >= 11 is 0. The van der Waals surface area contributed by atoms with Crippen molar-refractivity contribution in [3.05, 3.63) is 65.2 Å². The van der Waals surface area contributed by atoms with Crippen LogP contribution in [0.3, 0.4) is 0 Å². The Kier molecular flexibility index (Phi) is 5.16. The molecule has 2 aromatic carbocycles. The van der Waals surface area contributed by atoms with Gasteiger partial charge in [0, 0.05) is 0 Å². The van der Waals surface area contributed by atoms with Crippen molar-refractivity contribution in [2.45, 2.75) is 6.92 Å². The monoisotopic (exact) mass is 367 g/mol. The van der Waals surface area contributed by atoms with Crippen LogP contribution in [0.5, 0.6) is 5.75 Å². The molecule has 0 atom stereocenters. The van der Waals surface area contributed by atoms with Crippen LogP contribution in [-0.2, 0) is 9.59 Å². The lowest BCUT2D eigenvalue weighted by atomic mass is 10.1. The van der Waals surface area contributed by atoms with Crippen molar-refractivity contribution in [3.8, 4) is 5.75 Å². The summed E-state index contributed by atoms with van der Waals surface area (Å²) in [5.74, 6) is -1.83. The minimum absolute atomic E-state index is 0.255. The molecule has 0 radical (unpaired) electrons. The molecule has 0 bridgehead atoms. The molecule has 1 heterocycles. The summed E-state index contributed by atoms with van der Waals surface area (Å²) in [6, 6.07) is 13.5. The van der Waals surface area contributed by atoms with E-state index in [2.05, 4.69) is 10.9 Å². The van der Waals surface area contributed by atoms with E-state index >= 15 is 0 Å². The molecule has 0 saturated carbocycles. The maximum absolute atomic E-state index is 12.2. The molecular formula is C19H17N3O5. The SMILES string of the molecule is Cc1cccc(OCC(=O)NNC(=O)CN2C(=O)c3ccccc3C2=O)c1. The van der Waals surface area contributed by atoms with Gasteiger partial charge in [0.1, 0.15) is 12.3 Å². The summed E-state index contributed by atoms with van der Waals surface area (Å²) in [6.45, 7) is 1.11. The molecule has 0 aliphatic carbocycles. The van der Waals surface area contributed by atoms with Crippen LogP contribution in [0.15, 0.2) is 48.5 Å². The number of fused-ring (bicyclic) bond motifs is 1. The van der Waals surface area contributed by atoms with Gasteiger partial charge in [0.15, 0.2) is 6.61 Å². The van der Waals surface area contributed by atoms with Gasteiger partial charge in [0.25, 0.3) is 23.6 Å². The van der Waals surface area contributed by atoms with Gasteiger partial charge >= 0.3 is 0 Å². The second-order valence-corrected chi connectivity index (χ2v) is 5.94. The number of imide groups is 1. The highest BCUT2D eigenvalue weighted by atomic mass is 16.5. The van der Waals surface area contributed by atoms with Crippen molar-refractivity contribution in [2.75, 3.05) is 13.2 Å². The minimum Gasteiger partial charge on any atom is -0.484 e. The third-order valence-corrected chi connectivity index (χ3v) is 3.88. The normalized spacial score (nSPS) is 12.6. The highest BCUT2D eigenvalue weighted by molar-refractivity contribution is 6.22. The Morgan fingerprint density at radius 1 is 0.926 bits per heavy atom. The fourth-order valence-electron chi connectivity index (χ4n) is 2.60. The van der Waals surface area contributed by atoms with Gasteiger partial charge in [0.2, 0.25) is 0 Å². The summed E-state index contributed by atoms with van der Waals surface area (Å²) in [5.41, 5.74) is 5.84. The zero-order valence-electron chi connectivity index (χ0n) is 14.5. The van der Waals surface area contributed by atoms with E-state index in [1.807, 2.05) is 13.0 Å². The van der Waals surface area contributed by atoms with E-state index in [0.717, 1.165) is 10.5 Å². The van der Waals surface area contributed by atoms with Crippen molar-refractivity contribution in [1.82, 2.24) is 15.8 Å². The number of rotatable bonds is 5. The van der Waals surface area contributed by atoms with E-state index < -0.39 is 30.2 Å². The molecule has 0 unspecified atom stereocenters. The van der Waals surface area contributed by atoms with Crippen LogP contribution >= 0.6 is 0 Å². The second kappa shape index (κ2) is 7.69. The maximum atomic E-state index is 12.2. The zero-order chi connectivity index (χ0) is 19.4. The van der Waals surface area contributed by atoms with Crippen LogP contribution < -0.4 is 15.6 Å². The molecule has 0 fully saturated rings. The highest BCUT2D eigenvalue weighted by Crippen LogP contribution is 2.21. The lowest BCUT2D eigenvalue weighted by Crippen LogP contribution is -2.48. The zero-order valence-corrected chi connectivity index (χ0v) is 14.5. The average Bonchev–Trinajstić information content (AvgIpc) is 2.90. The number of nitrogens with zero attached hydrogens (tertiary/aromatic N) is 1. The predicted molar refractivity (Wildman–Crippen MR) is 94.8 cm³/mol. The van der Waals surface area contributed by atoms with Crippen molar-refractivity contribution >= 4 is 23.6 Å². The number of hydrogen-bond acceptors (Lipinski definition) is 5. The Hall–Kier alpha value is -3.68. The third-order valence-electron chi connectivity index (χ3n) is 3.88. The quantitative estimate of drug-likeness (QED) is 0.601. The largest absolute Gasteiger partial charge is 0.484 e. The van der Waals surface area contributed by atoms with E-state index in [1.54, 1.807) is 30.3 Å². The first-order valence-electron chi connectivity index (χ1n) is 8.18. The Balaban J connectivity index is 1.47. The summed E-state index contributed by atoms with van der Waals surface area (Å²) in [6.07, 6.45) is 0. The maximum Gasteiger partial charge on any atom is 0.276 e. The molecule has 8 heteroatoms. The van der Waals surface area contributed by atoms with Gasteiger partial charge in [-0.15, -0.1) is 0 Å². The van der Waals surface area contributed by atoms with Gasteiger partial charge in [-0.05, 0) is 36.8 Å². The summed E-state index contributed by atoms with van der Waals surface area (Å²) in [5, 5.41) is 0. The Labute approximate surface area is 155 Å². The molecule has 2 N–H and O–H groups in total. The second-order valence-electron chi connectivity index (χ2n) is 5.94. The van der Waals surface area contributed by atoms with Gasteiger partial charge < -0.3 is 4.74 Å². The number of hydrogen-bond donors (Lipinski definition) is 2. The first-order chi connectivity index (χ1) is 13.0. The lowest BCUT2D eigenvalue weighted by Gasteiger charge is -2.14. The first kappa shape index (κ1) is 18.1. The molecule has 8 nitrogen and oxygen atoms in total. The molecule has 2 aromatic rings. The van der Waals surface area contributed by atoms with Gasteiger partial charge in [-0.1, -0.05) is 24.3 Å². The number of nitrogens with one attached hydrogen (secondary N) is 2. The van der Waals surface area contributed by atoms with Crippen LogP contribution in [0, 0.1) is 6.92 Å². The highest BCUT2D eigenvalue weighted by Gasteiger charge is 2.36. The van der Waals surface area contributed by atoms with Crippen LogP contribution in [0.25, 0.3) is 0 Å². The Bertz CT molecular complexity index is 890. The number of ether oxygens (including phenoxy) is 1. The molecule has 0 saturated heterocycles. The minimum atomic E-state index is -0.701. The van der Waals surface area contributed by atoms with Crippen LogP contribution in [0.2, 0.25) is 0 Å². The number of amides is 4. The van der Waals surface area contributed by atoms with E-state index in [0.29, 0.717) is 5.75 Å². The number of carbonyl (C=O) groups is 4. The standard InChI is InChI=1S/C19H17N3O5/c1-12-5-4-6-13(9-12)27-11-17(24)21-20-16(23)10-22-18(25)14-7-2-3-8-15(14)19(22)26/h2-9H,10-11H2,1H3,(H,20,23)(H,21,24). The van der Waals surface area contributed by atoms with Gasteiger partial charge in [-0.3, -0.25) is 34.9 Å². The van der Waals surface area contributed by atoms with Crippen LogP contribution in [-0.4, -0.2) is 41.7 Å².